The lowest BCUT2D eigenvalue weighted by Crippen LogP contribution is -2.24. The zero-order chi connectivity index (χ0) is 12.4. The van der Waals surface area contributed by atoms with E-state index in [1.54, 1.807) is 12.1 Å². The molecule has 0 amide bonds. The molecule has 2 rings (SSSR count). The number of methoxy groups -OCH3 is 1. The summed E-state index contributed by atoms with van der Waals surface area (Å²) in [7, 11) is 1.34. The van der Waals surface area contributed by atoms with Crippen LogP contribution in [0.3, 0.4) is 0 Å². The Balaban J connectivity index is 2.27. The number of carbonyl (C=O) groups is 1. The fourth-order valence-electron chi connectivity index (χ4n) is 2.53. The Morgan fingerprint density at radius 2 is 2.00 bits per heavy atom. The SMILES string of the molecule is COC(=O)[C@@H]1CC[C@H](O)[C@@H]1c1ccc(F)cc1. The van der Waals surface area contributed by atoms with Gasteiger partial charge in [0, 0.05) is 5.92 Å². The van der Waals surface area contributed by atoms with E-state index in [1.165, 1.54) is 19.2 Å². The van der Waals surface area contributed by atoms with E-state index in [9.17, 15) is 14.3 Å². The van der Waals surface area contributed by atoms with Crippen LogP contribution < -0.4 is 0 Å². The van der Waals surface area contributed by atoms with Gasteiger partial charge in [0.25, 0.3) is 0 Å². The summed E-state index contributed by atoms with van der Waals surface area (Å²) >= 11 is 0. The minimum Gasteiger partial charge on any atom is -0.469 e. The number of ether oxygens (including phenoxy) is 1. The van der Waals surface area contributed by atoms with Crippen molar-refractivity contribution >= 4 is 5.97 Å². The summed E-state index contributed by atoms with van der Waals surface area (Å²) in [4.78, 5) is 11.6. The van der Waals surface area contributed by atoms with Crippen LogP contribution in [0.5, 0.6) is 0 Å². The Morgan fingerprint density at radius 1 is 1.35 bits per heavy atom. The predicted octanol–water partition coefficient (Wildman–Crippen LogP) is 1.85. The van der Waals surface area contributed by atoms with Crippen molar-refractivity contribution in [1.29, 1.82) is 0 Å². The van der Waals surface area contributed by atoms with E-state index in [4.69, 9.17) is 4.74 Å². The highest BCUT2D eigenvalue weighted by molar-refractivity contribution is 5.74. The lowest BCUT2D eigenvalue weighted by molar-refractivity contribution is -0.146. The van der Waals surface area contributed by atoms with E-state index in [-0.39, 0.29) is 23.6 Å². The number of esters is 1. The lowest BCUT2D eigenvalue weighted by Gasteiger charge is -2.20. The van der Waals surface area contributed by atoms with E-state index in [2.05, 4.69) is 0 Å². The molecular formula is C13H15FO3. The van der Waals surface area contributed by atoms with Gasteiger partial charge in [-0.1, -0.05) is 12.1 Å². The zero-order valence-corrected chi connectivity index (χ0v) is 9.60. The number of hydrogen-bond acceptors (Lipinski definition) is 3. The molecule has 0 radical (unpaired) electrons. The van der Waals surface area contributed by atoms with Crippen LogP contribution in [0.15, 0.2) is 24.3 Å². The van der Waals surface area contributed by atoms with Crippen LogP contribution >= 0.6 is 0 Å². The molecule has 0 saturated heterocycles. The lowest BCUT2D eigenvalue weighted by atomic mass is 9.87. The van der Waals surface area contributed by atoms with Crippen molar-refractivity contribution in [2.45, 2.75) is 24.9 Å². The molecule has 0 heterocycles. The van der Waals surface area contributed by atoms with E-state index in [1.807, 2.05) is 0 Å². The Kier molecular flexibility index (Phi) is 3.43. The highest BCUT2D eigenvalue weighted by atomic mass is 19.1. The van der Waals surface area contributed by atoms with Crippen molar-refractivity contribution in [3.63, 3.8) is 0 Å². The third-order valence-electron chi connectivity index (χ3n) is 3.38. The van der Waals surface area contributed by atoms with Crippen LogP contribution in [0.4, 0.5) is 4.39 Å². The monoisotopic (exact) mass is 238 g/mol. The molecule has 0 aliphatic heterocycles. The minimum absolute atomic E-state index is 0.289. The molecule has 4 heteroatoms. The first-order valence-electron chi connectivity index (χ1n) is 5.65. The maximum absolute atomic E-state index is 12.8. The Bertz CT molecular complexity index is 402. The molecule has 1 aromatic carbocycles. The topological polar surface area (TPSA) is 46.5 Å². The van der Waals surface area contributed by atoms with Crippen molar-refractivity contribution < 1.29 is 19.0 Å². The number of benzene rings is 1. The summed E-state index contributed by atoms with van der Waals surface area (Å²) in [5.41, 5.74) is 0.784. The van der Waals surface area contributed by atoms with E-state index >= 15 is 0 Å². The Labute approximate surface area is 99.2 Å². The average molecular weight is 238 g/mol. The number of aliphatic hydroxyl groups is 1. The van der Waals surface area contributed by atoms with Crippen LogP contribution in [0.2, 0.25) is 0 Å². The first-order valence-corrected chi connectivity index (χ1v) is 5.65. The molecule has 3 atom stereocenters. The highest BCUT2D eigenvalue weighted by Gasteiger charge is 2.40. The van der Waals surface area contributed by atoms with Gasteiger partial charge in [0.05, 0.1) is 19.1 Å². The molecule has 0 aromatic heterocycles. The van der Waals surface area contributed by atoms with Crippen molar-refractivity contribution in [2.24, 2.45) is 5.92 Å². The Morgan fingerprint density at radius 3 is 2.59 bits per heavy atom. The second-order valence-electron chi connectivity index (χ2n) is 4.35. The summed E-state index contributed by atoms with van der Waals surface area (Å²) in [6, 6.07) is 5.92. The fraction of sp³-hybridized carbons (Fsp3) is 0.462. The third kappa shape index (κ3) is 2.31. The second kappa shape index (κ2) is 4.84. The van der Waals surface area contributed by atoms with Crippen LogP contribution in [0.1, 0.15) is 24.3 Å². The molecule has 0 spiro atoms. The van der Waals surface area contributed by atoms with Gasteiger partial charge in [-0.15, -0.1) is 0 Å². The van der Waals surface area contributed by atoms with Crippen LogP contribution in [-0.4, -0.2) is 24.3 Å². The number of aliphatic hydroxyl groups excluding tert-OH is 1. The largest absolute Gasteiger partial charge is 0.469 e. The van der Waals surface area contributed by atoms with Gasteiger partial charge in [0.2, 0.25) is 0 Å². The maximum atomic E-state index is 12.8. The predicted molar refractivity (Wildman–Crippen MR) is 59.9 cm³/mol. The first-order chi connectivity index (χ1) is 8.13. The molecular weight excluding hydrogens is 223 g/mol. The molecule has 92 valence electrons. The summed E-state index contributed by atoms with van der Waals surface area (Å²) in [5.74, 6) is -1.25. The fourth-order valence-corrected chi connectivity index (χ4v) is 2.53. The smallest absolute Gasteiger partial charge is 0.309 e. The molecule has 1 aromatic rings. The number of hydrogen-bond donors (Lipinski definition) is 1. The summed E-state index contributed by atoms with van der Waals surface area (Å²) in [6.45, 7) is 0. The van der Waals surface area contributed by atoms with E-state index < -0.39 is 6.10 Å². The van der Waals surface area contributed by atoms with Gasteiger partial charge in [-0.25, -0.2) is 4.39 Å². The standard InChI is InChI=1S/C13H15FO3/c1-17-13(16)10-6-7-11(15)12(10)8-2-4-9(14)5-3-8/h2-5,10-12,15H,6-7H2,1H3/t10-,11+,12-/m1/s1. The van der Waals surface area contributed by atoms with Crippen LogP contribution in [0.25, 0.3) is 0 Å². The zero-order valence-electron chi connectivity index (χ0n) is 9.60. The highest BCUT2D eigenvalue weighted by Crippen LogP contribution is 2.40. The second-order valence-corrected chi connectivity index (χ2v) is 4.35. The molecule has 1 N–H and O–H groups in total. The minimum atomic E-state index is -0.565. The van der Waals surface area contributed by atoms with Gasteiger partial charge < -0.3 is 9.84 Å². The molecule has 1 saturated carbocycles. The Hall–Kier alpha value is -1.42. The summed E-state index contributed by atoms with van der Waals surface area (Å²) < 4.78 is 17.6. The average Bonchev–Trinajstić information content (AvgIpc) is 2.71. The van der Waals surface area contributed by atoms with Gasteiger partial charge in [-0.2, -0.15) is 0 Å². The van der Waals surface area contributed by atoms with Crippen molar-refractivity contribution in [3.05, 3.63) is 35.6 Å². The van der Waals surface area contributed by atoms with Crippen molar-refractivity contribution in [2.75, 3.05) is 7.11 Å². The van der Waals surface area contributed by atoms with Gasteiger partial charge in [-0.05, 0) is 30.5 Å². The normalized spacial score (nSPS) is 28.1. The molecule has 1 aliphatic carbocycles. The molecule has 17 heavy (non-hydrogen) atoms. The number of carbonyl (C=O) groups excluding carboxylic acids is 1. The molecule has 0 bridgehead atoms. The van der Waals surface area contributed by atoms with Crippen LogP contribution in [0, 0.1) is 11.7 Å². The van der Waals surface area contributed by atoms with Gasteiger partial charge in [-0.3, -0.25) is 4.79 Å². The third-order valence-corrected chi connectivity index (χ3v) is 3.38. The number of halogens is 1. The van der Waals surface area contributed by atoms with Crippen molar-refractivity contribution in [1.82, 2.24) is 0 Å². The van der Waals surface area contributed by atoms with Gasteiger partial charge in [0.15, 0.2) is 0 Å². The summed E-state index contributed by atoms with van der Waals surface area (Å²) in [5, 5.41) is 9.92. The van der Waals surface area contributed by atoms with Crippen LogP contribution in [-0.2, 0) is 9.53 Å². The van der Waals surface area contributed by atoms with Gasteiger partial charge >= 0.3 is 5.97 Å². The molecule has 0 unspecified atom stereocenters. The molecule has 1 fully saturated rings. The van der Waals surface area contributed by atoms with Crippen molar-refractivity contribution in [3.8, 4) is 0 Å². The molecule has 1 aliphatic rings. The maximum Gasteiger partial charge on any atom is 0.309 e. The first kappa shape index (κ1) is 12.0. The quantitative estimate of drug-likeness (QED) is 0.800. The molecule has 3 nitrogen and oxygen atoms in total. The number of rotatable bonds is 2. The van der Waals surface area contributed by atoms with E-state index in [0.29, 0.717) is 12.8 Å². The summed E-state index contributed by atoms with van der Waals surface area (Å²) in [6.07, 6.45) is 0.613. The van der Waals surface area contributed by atoms with E-state index in [0.717, 1.165) is 5.56 Å². The van der Waals surface area contributed by atoms with Gasteiger partial charge in [0.1, 0.15) is 5.82 Å².